The van der Waals surface area contributed by atoms with Crippen LogP contribution in [-0.2, 0) is 4.79 Å². The minimum absolute atomic E-state index is 0.206. The van der Waals surface area contributed by atoms with Crippen molar-refractivity contribution in [3.63, 3.8) is 0 Å². The number of ketones is 1. The second-order valence-electron chi connectivity index (χ2n) is 6.18. The summed E-state index contributed by atoms with van der Waals surface area (Å²) in [4.78, 5) is 12.3. The van der Waals surface area contributed by atoms with Gasteiger partial charge < -0.3 is 0 Å². The second-order valence-corrected chi connectivity index (χ2v) is 7.89. The molecular formula is C20H18Br2O. The van der Waals surface area contributed by atoms with Crippen molar-refractivity contribution in [1.82, 2.24) is 0 Å². The van der Waals surface area contributed by atoms with E-state index >= 15 is 0 Å². The Kier molecular flexibility index (Phi) is 4.88. The average molecular weight is 434 g/mol. The van der Waals surface area contributed by atoms with Crippen molar-refractivity contribution in [3.05, 3.63) is 73.7 Å². The van der Waals surface area contributed by atoms with E-state index in [1.54, 1.807) is 0 Å². The summed E-state index contributed by atoms with van der Waals surface area (Å²) >= 11 is 7.29. The number of aryl methyl sites for hydroxylation is 2. The van der Waals surface area contributed by atoms with Gasteiger partial charge in [0.25, 0.3) is 0 Å². The smallest absolute Gasteiger partial charge is 0.156 e. The molecule has 0 fully saturated rings. The topological polar surface area (TPSA) is 17.1 Å². The van der Waals surface area contributed by atoms with E-state index < -0.39 is 0 Å². The first-order valence-electron chi connectivity index (χ1n) is 7.70. The minimum atomic E-state index is 0.206. The number of carbonyl (C=O) groups is 1. The molecule has 0 amide bonds. The van der Waals surface area contributed by atoms with Gasteiger partial charge in [-0.25, -0.2) is 0 Å². The van der Waals surface area contributed by atoms with Gasteiger partial charge in [0, 0.05) is 15.4 Å². The van der Waals surface area contributed by atoms with Gasteiger partial charge in [-0.15, -0.1) is 0 Å². The fraction of sp³-hybridized carbons (Fsp3) is 0.250. The number of hydrogen-bond donors (Lipinski definition) is 0. The van der Waals surface area contributed by atoms with Crippen LogP contribution in [0.3, 0.4) is 0 Å². The molecule has 0 saturated carbocycles. The first-order chi connectivity index (χ1) is 11.0. The fourth-order valence-electron chi connectivity index (χ4n) is 3.14. The van der Waals surface area contributed by atoms with Crippen molar-refractivity contribution in [1.29, 1.82) is 0 Å². The maximum atomic E-state index is 12.3. The van der Waals surface area contributed by atoms with Crippen molar-refractivity contribution < 1.29 is 4.79 Å². The highest BCUT2D eigenvalue weighted by Crippen LogP contribution is 2.41. The van der Waals surface area contributed by atoms with E-state index in [2.05, 4.69) is 63.9 Å². The van der Waals surface area contributed by atoms with Crippen LogP contribution in [0.15, 0.2) is 51.4 Å². The lowest BCUT2D eigenvalue weighted by atomic mass is 9.80. The summed E-state index contributed by atoms with van der Waals surface area (Å²) in [7, 11) is 0. The van der Waals surface area contributed by atoms with Crippen LogP contribution in [-0.4, -0.2) is 5.78 Å². The largest absolute Gasteiger partial charge is 0.295 e. The number of rotatable bonds is 2. The number of hydrogen-bond acceptors (Lipinski definition) is 1. The van der Waals surface area contributed by atoms with Crippen LogP contribution in [0.1, 0.15) is 41.0 Å². The van der Waals surface area contributed by atoms with Crippen LogP contribution in [0, 0.1) is 13.8 Å². The summed E-state index contributed by atoms with van der Waals surface area (Å²) < 4.78 is 2.14. The van der Waals surface area contributed by atoms with Crippen LogP contribution >= 0.6 is 31.9 Å². The van der Waals surface area contributed by atoms with Crippen LogP contribution in [0.25, 0.3) is 5.57 Å². The summed E-state index contributed by atoms with van der Waals surface area (Å²) in [6.07, 6.45) is 3.27. The predicted octanol–water partition coefficient (Wildman–Crippen LogP) is 6.36. The van der Waals surface area contributed by atoms with Gasteiger partial charge in [-0.05, 0) is 72.2 Å². The van der Waals surface area contributed by atoms with Gasteiger partial charge >= 0.3 is 0 Å². The van der Waals surface area contributed by atoms with Crippen molar-refractivity contribution in [2.75, 3.05) is 0 Å². The van der Waals surface area contributed by atoms with Crippen molar-refractivity contribution >= 4 is 43.2 Å². The zero-order chi connectivity index (χ0) is 16.6. The van der Waals surface area contributed by atoms with E-state index in [0.717, 1.165) is 26.5 Å². The third kappa shape index (κ3) is 3.51. The lowest BCUT2D eigenvalue weighted by molar-refractivity contribution is -0.115. The van der Waals surface area contributed by atoms with Gasteiger partial charge in [0.05, 0.1) is 0 Å². The summed E-state index contributed by atoms with van der Waals surface area (Å²) in [5.41, 5.74) is 6.01. The maximum absolute atomic E-state index is 12.3. The molecule has 23 heavy (non-hydrogen) atoms. The number of halogens is 2. The molecule has 0 bridgehead atoms. The molecule has 1 unspecified atom stereocenters. The highest BCUT2D eigenvalue weighted by atomic mass is 79.9. The van der Waals surface area contributed by atoms with E-state index in [9.17, 15) is 4.79 Å². The lowest BCUT2D eigenvalue weighted by Crippen LogP contribution is -2.13. The monoisotopic (exact) mass is 432 g/mol. The van der Waals surface area contributed by atoms with Crippen LogP contribution in [0.2, 0.25) is 0 Å². The Morgan fingerprint density at radius 2 is 1.65 bits per heavy atom. The minimum Gasteiger partial charge on any atom is -0.295 e. The molecule has 1 nitrogen and oxygen atoms in total. The summed E-state index contributed by atoms with van der Waals surface area (Å²) in [5.74, 6) is 0.431. The van der Waals surface area contributed by atoms with Crippen molar-refractivity contribution in [2.24, 2.45) is 0 Å². The molecule has 1 aliphatic carbocycles. The van der Waals surface area contributed by atoms with Gasteiger partial charge in [0.2, 0.25) is 0 Å². The lowest BCUT2D eigenvalue weighted by Gasteiger charge is -2.25. The molecule has 0 N–H and O–H groups in total. The molecule has 1 aliphatic rings. The molecule has 3 rings (SSSR count). The first kappa shape index (κ1) is 16.7. The molecule has 0 spiro atoms. The summed E-state index contributed by atoms with van der Waals surface area (Å²) in [6.45, 7) is 4.24. The molecule has 0 heterocycles. The highest BCUT2D eigenvalue weighted by molar-refractivity contribution is 9.10. The van der Waals surface area contributed by atoms with E-state index in [0.29, 0.717) is 6.42 Å². The Hall–Kier alpha value is -1.19. The molecule has 1 atom stereocenters. The van der Waals surface area contributed by atoms with Gasteiger partial charge in [-0.1, -0.05) is 56.1 Å². The van der Waals surface area contributed by atoms with E-state index in [1.807, 2.05) is 24.3 Å². The zero-order valence-electron chi connectivity index (χ0n) is 13.2. The Labute approximate surface area is 154 Å². The normalized spacial score (nSPS) is 18.0. The van der Waals surface area contributed by atoms with Gasteiger partial charge in [0.1, 0.15) is 0 Å². The van der Waals surface area contributed by atoms with Gasteiger partial charge in [0.15, 0.2) is 5.78 Å². The van der Waals surface area contributed by atoms with Crippen molar-refractivity contribution in [3.8, 4) is 0 Å². The Morgan fingerprint density at radius 3 is 2.39 bits per heavy atom. The quantitative estimate of drug-likeness (QED) is 0.538. The van der Waals surface area contributed by atoms with Crippen molar-refractivity contribution in [2.45, 2.75) is 32.6 Å². The van der Waals surface area contributed by atoms with Crippen LogP contribution in [0.4, 0.5) is 0 Å². The molecular weight excluding hydrogens is 416 g/mol. The molecule has 0 radical (unpaired) electrons. The molecule has 0 aromatic heterocycles. The SMILES string of the molecule is Cc1cc(Br)c(C2CC(=O)C=C(c3ccccc3Br)C2)cc1C. The van der Waals surface area contributed by atoms with Crippen LogP contribution in [0.5, 0.6) is 0 Å². The predicted molar refractivity (Wildman–Crippen MR) is 103 cm³/mol. The maximum Gasteiger partial charge on any atom is 0.156 e. The fourth-order valence-corrected chi connectivity index (χ4v) is 4.46. The average Bonchev–Trinajstić information content (AvgIpc) is 2.50. The summed E-state index contributed by atoms with van der Waals surface area (Å²) in [6, 6.07) is 12.5. The summed E-state index contributed by atoms with van der Waals surface area (Å²) in [5, 5.41) is 0. The molecule has 118 valence electrons. The molecule has 0 saturated heterocycles. The Bertz CT molecular complexity index is 805. The van der Waals surface area contributed by atoms with Gasteiger partial charge in [-0.3, -0.25) is 4.79 Å². The van der Waals surface area contributed by atoms with E-state index in [-0.39, 0.29) is 11.7 Å². The third-order valence-corrected chi connectivity index (χ3v) is 5.90. The Morgan fingerprint density at radius 1 is 0.957 bits per heavy atom. The van der Waals surface area contributed by atoms with E-state index in [1.165, 1.54) is 16.7 Å². The molecule has 2 aromatic carbocycles. The molecule has 2 aromatic rings. The number of allylic oxidation sites excluding steroid dienone is 2. The molecule has 3 heteroatoms. The second kappa shape index (κ2) is 6.74. The highest BCUT2D eigenvalue weighted by Gasteiger charge is 2.25. The third-order valence-electron chi connectivity index (χ3n) is 4.52. The number of benzene rings is 2. The Balaban J connectivity index is 1.99. The van der Waals surface area contributed by atoms with Crippen LogP contribution < -0.4 is 0 Å². The van der Waals surface area contributed by atoms with E-state index in [4.69, 9.17) is 0 Å². The first-order valence-corrected chi connectivity index (χ1v) is 9.29. The van der Waals surface area contributed by atoms with Gasteiger partial charge in [-0.2, -0.15) is 0 Å². The standard InChI is InChI=1S/C20H18Br2O/c1-12-7-18(20(22)8-13(12)2)15-9-14(10-16(23)11-15)17-5-3-4-6-19(17)21/h3-8,10,15H,9,11H2,1-2H3. The molecule has 0 aliphatic heterocycles. The number of carbonyl (C=O) groups excluding carboxylic acids is 1. The zero-order valence-corrected chi connectivity index (χ0v) is 16.4.